The number of nitrogens with two attached hydrogens (primary N) is 5. The maximum atomic E-state index is 14.4. The van der Waals surface area contributed by atoms with E-state index in [1.165, 1.54) is 6.92 Å². The normalized spacial score (nSPS) is 23.2. The van der Waals surface area contributed by atoms with E-state index in [9.17, 15) is 63.0 Å². The van der Waals surface area contributed by atoms with Crippen molar-refractivity contribution in [3.63, 3.8) is 0 Å². The molecule has 29 heteroatoms. The lowest BCUT2D eigenvalue weighted by Gasteiger charge is -2.30. The number of hydrogen-bond acceptors (Lipinski definition) is 18. The average Bonchev–Trinajstić information content (AvgIpc) is 3.40. The number of amides is 11. The fourth-order valence-electron chi connectivity index (χ4n) is 8.46. The van der Waals surface area contributed by atoms with Crippen LogP contribution in [-0.4, -0.2) is 188 Å². The Kier molecular flexibility index (Phi) is 35.3. The number of carbonyl (C=O) groups is 11. The fraction of sp³-hybridized carbons (Fsp3) is 0.784. The molecule has 29 nitrogen and oxygen atoms in total. The van der Waals surface area contributed by atoms with Gasteiger partial charge in [0.2, 0.25) is 65.0 Å². The van der Waals surface area contributed by atoms with Crippen LogP contribution in [0.25, 0.3) is 0 Å². The van der Waals surface area contributed by atoms with Crippen molar-refractivity contribution in [1.29, 1.82) is 0 Å². The van der Waals surface area contributed by atoms with Crippen molar-refractivity contribution < 1.29 is 63.0 Å². The molecule has 0 aromatic heterocycles. The summed E-state index contributed by atoms with van der Waals surface area (Å²) in [5, 5.41) is 48.9. The van der Waals surface area contributed by atoms with Gasteiger partial charge >= 0.3 is 0 Å². The summed E-state index contributed by atoms with van der Waals surface area (Å²) in [6.07, 6.45) is 2.21. The number of aliphatic hydroxyl groups is 2. The lowest BCUT2D eigenvalue weighted by atomic mass is 9.96. The minimum absolute atomic E-state index is 0.00460. The third kappa shape index (κ3) is 26.0. The van der Waals surface area contributed by atoms with Gasteiger partial charge < -0.3 is 97.4 Å². The van der Waals surface area contributed by atoms with Crippen LogP contribution in [0.4, 0.5) is 0 Å². The number of unbranched alkanes of at least 4 members (excludes halogenated alkanes) is 4. The maximum absolute atomic E-state index is 14.4. The van der Waals surface area contributed by atoms with Gasteiger partial charge in [-0.1, -0.05) is 66.7 Å². The van der Waals surface area contributed by atoms with Gasteiger partial charge in [0, 0.05) is 13.0 Å². The number of nitrogens with one attached hydrogen (secondary N) is 11. The van der Waals surface area contributed by atoms with Gasteiger partial charge in [-0.05, 0) is 103 Å². The summed E-state index contributed by atoms with van der Waals surface area (Å²) >= 11 is 0. The Bertz CT molecular complexity index is 2000. The Hall–Kier alpha value is -6.11. The van der Waals surface area contributed by atoms with Crippen molar-refractivity contribution in [3.05, 3.63) is 0 Å². The largest absolute Gasteiger partial charge is 0.394 e. The highest BCUT2D eigenvalue weighted by atomic mass is 16.3. The quantitative estimate of drug-likeness (QED) is 0.0310. The van der Waals surface area contributed by atoms with E-state index in [4.69, 9.17) is 28.7 Å². The highest BCUT2D eigenvalue weighted by Crippen LogP contribution is 2.13. The lowest BCUT2D eigenvalue weighted by molar-refractivity contribution is -0.137. The van der Waals surface area contributed by atoms with E-state index in [-0.39, 0.29) is 83.6 Å². The SMILES string of the molecule is CCCCCCCC(=O)N[C@@H](CCN)C(=O)N[C@@H](CO)C(=O)N[C@@H](CCN)C(=O)N[C@H]1CCNC(=O)[C@H]([C@@H](C)O)NC(=O)[C@H](CCN)NC(=O)[C@H](CCN)NC(=O)[C@H]([C@@H](C)CC)NC(=O)[C@@H](CC(C)C)NC(=O)[C@H](CCN)NC1=O. The van der Waals surface area contributed by atoms with Gasteiger partial charge in [0.25, 0.3) is 0 Å². The predicted molar refractivity (Wildman–Crippen MR) is 296 cm³/mol. The Labute approximate surface area is 469 Å². The second-order valence-electron chi connectivity index (χ2n) is 20.6. The minimum atomic E-state index is -1.68. The van der Waals surface area contributed by atoms with Crippen molar-refractivity contribution in [3.8, 4) is 0 Å². The standard InChI is InChI=1S/C51H96N16O13/c1-7-9-10-11-12-13-39(70)58-31(14-20-52)42(71)65-38(27-68)49(78)61-32(15-21-53)43(72)62-36-19-25-57-50(79)41(30(6)69)67-47(76)35(18-24-56)60-44(73)34(17-23-55)63-51(80)40(29(5)8-2)66-48(77)37(26-28(3)4)64-45(74)33(16-22-54)59-46(36)75/h28-38,40-41,68-69H,7-27,52-56H2,1-6H3,(H,57,79)(H,58,70)(H,59,75)(H,60,73)(H,61,78)(H,62,72)(H,63,80)(H,64,74)(H,65,71)(H,66,77)(H,67,76)/t29-,30+,31-,32-,33-,34-,35-,36-,37+,38-,40-,41-/m0/s1. The topological polar surface area (TPSA) is 491 Å². The molecule has 23 N–H and O–H groups in total. The molecule has 0 unspecified atom stereocenters. The van der Waals surface area contributed by atoms with Crippen LogP contribution < -0.4 is 87.2 Å². The summed E-state index contributed by atoms with van der Waals surface area (Å²) in [5.41, 5.74) is 29.1. The van der Waals surface area contributed by atoms with Gasteiger partial charge in [-0.15, -0.1) is 0 Å². The van der Waals surface area contributed by atoms with Crippen molar-refractivity contribution in [2.75, 3.05) is 45.9 Å². The summed E-state index contributed by atoms with van der Waals surface area (Å²) < 4.78 is 0. The molecule has 0 saturated carbocycles. The second-order valence-corrected chi connectivity index (χ2v) is 20.6. The molecular weight excluding hydrogens is 1040 g/mol. The van der Waals surface area contributed by atoms with E-state index in [2.05, 4.69) is 65.4 Å². The molecule has 1 rings (SSSR count). The van der Waals surface area contributed by atoms with Crippen molar-refractivity contribution in [2.45, 2.75) is 198 Å². The van der Waals surface area contributed by atoms with E-state index in [0.717, 1.165) is 25.7 Å². The Morgan fingerprint density at radius 2 is 1.01 bits per heavy atom. The van der Waals surface area contributed by atoms with E-state index in [1.807, 2.05) is 0 Å². The van der Waals surface area contributed by atoms with Crippen LogP contribution in [0.3, 0.4) is 0 Å². The molecule has 1 saturated heterocycles. The monoisotopic (exact) mass is 1140 g/mol. The molecule has 0 radical (unpaired) electrons. The zero-order chi connectivity index (χ0) is 60.5. The molecule has 0 bridgehead atoms. The van der Waals surface area contributed by atoms with Gasteiger partial charge in [0.15, 0.2) is 0 Å². The molecule has 1 heterocycles. The number of rotatable bonds is 29. The Morgan fingerprint density at radius 1 is 0.550 bits per heavy atom. The highest BCUT2D eigenvalue weighted by molar-refractivity contribution is 5.99. The zero-order valence-electron chi connectivity index (χ0n) is 47.6. The minimum Gasteiger partial charge on any atom is -0.394 e. The maximum Gasteiger partial charge on any atom is 0.245 e. The second kappa shape index (κ2) is 39.3. The third-order valence-corrected chi connectivity index (χ3v) is 13.3. The van der Waals surface area contributed by atoms with E-state index < -0.39 is 157 Å². The Morgan fingerprint density at radius 3 is 1.51 bits per heavy atom. The molecule has 458 valence electrons. The Balaban J connectivity index is 3.79. The first-order valence-electron chi connectivity index (χ1n) is 28.1. The molecule has 0 spiro atoms. The first-order valence-corrected chi connectivity index (χ1v) is 28.1. The van der Waals surface area contributed by atoms with Crippen LogP contribution in [0.1, 0.15) is 131 Å². The highest BCUT2D eigenvalue weighted by Gasteiger charge is 2.37. The van der Waals surface area contributed by atoms with Gasteiger partial charge in [0.1, 0.15) is 60.4 Å². The average molecular weight is 1140 g/mol. The summed E-state index contributed by atoms with van der Waals surface area (Å²) in [4.78, 5) is 152. The van der Waals surface area contributed by atoms with Crippen LogP contribution in [0, 0.1) is 11.8 Å². The van der Waals surface area contributed by atoms with Crippen LogP contribution in [0.15, 0.2) is 0 Å². The molecule has 1 aliphatic heterocycles. The molecule has 1 aliphatic rings. The van der Waals surface area contributed by atoms with Gasteiger partial charge in [-0.25, -0.2) is 0 Å². The van der Waals surface area contributed by atoms with Crippen LogP contribution >= 0.6 is 0 Å². The van der Waals surface area contributed by atoms with Gasteiger partial charge in [0.05, 0.1) is 12.7 Å². The predicted octanol–water partition coefficient (Wildman–Crippen LogP) is -6.08. The van der Waals surface area contributed by atoms with Crippen LogP contribution in [0.2, 0.25) is 0 Å². The smallest absolute Gasteiger partial charge is 0.245 e. The summed E-state index contributed by atoms with van der Waals surface area (Å²) in [7, 11) is 0. The van der Waals surface area contributed by atoms with Gasteiger partial charge in [-0.3, -0.25) is 52.7 Å². The zero-order valence-corrected chi connectivity index (χ0v) is 47.6. The molecule has 11 amide bonds. The van der Waals surface area contributed by atoms with E-state index in [0.29, 0.717) is 12.8 Å². The molecule has 0 aromatic carbocycles. The molecule has 0 aromatic rings. The lowest BCUT2D eigenvalue weighted by Crippen LogP contribution is -2.61. The van der Waals surface area contributed by atoms with Crippen LogP contribution in [0.5, 0.6) is 0 Å². The summed E-state index contributed by atoms with van der Waals surface area (Å²) in [5.74, 6) is -10.3. The summed E-state index contributed by atoms with van der Waals surface area (Å²) in [6.45, 7) is 8.23. The fourth-order valence-corrected chi connectivity index (χ4v) is 8.46. The molecule has 80 heavy (non-hydrogen) atoms. The van der Waals surface area contributed by atoms with Gasteiger partial charge in [-0.2, -0.15) is 0 Å². The van der Waals surface area contributed by atoms with E-state index >= 15 is 0 Å². The number of hydrogen-bond donors (Lipinski definition) is 18. The third-order valence-electron chi connectivity index (χ3n) is 13.3. The molecular formula is C51H96N16O13. The molecule has 12 atom stereocenters. The van der Waals surface area contributed by atoms with Crippen LogP contribution in [-0.2, 0) is 52.7 Å². The summed E-state index contributed by atoms with van der Waals surface area (Å²) in [6, 6.07) is -14.4. The van der Waals surface area contributed by atoms with E-state index in [1.54, 1.807) is 27.7 Å². The van der Waals surface area contributed by atoms with Crippen molar-refractivity contribution in [1.82, 2.24) is 58.5 Å². The number of aliphatic hydroxyl groups excluding tert-OH is 2. The number of carbonyl (C=O) groups excluding carboxylic acids is 11. The van der Waals surface area contributed by atoms with Crippen molar-refractivity contribution >= 4 is 65.0 Å². The molecule has 0 aliphatic carbocycles. The first-order chi connectivity index (χ1) is 38.0. The van der Waals surface area contributed by atoms with Crippen molar-refractivity contribution in [2.24, 2.45) is 40.5 Å². The molecule has 1 fully saturated rings. The first kappa shape index (κ1) is 71.9.